The summed E-state index contributed by atoms with van der Waals surface area (Å²) in [5.74, 6) is 0.295. The van der Waals surface area contributed by atoms with Gasteiger partial charge in [0, 0.05) is 7.05 Å². The number of ether oxygens (including phenoxy) is 2. The number of anilines is 1. The van der Waals surface area contributed by atoms with E-state index in [4.69, 9.17) is 9.47 Å². The van der Waals surface area contributed by atoms with Crippen molar-refractivity contribution in [2.24, 2.45) is 5.92 Å². The molecule has 0 bridgehead atoms. The first-order chi connectivity index (χ1) is 17.1. The highest BCUT2D eigenvalue weighted by molar-refractivity contribution is 6.02. The van der Waals surface area contributed by atoms with Crippen molar-refractivity contribution in [1.82, 2.24) is 20.1 Å². The van der Waals surface area contributed by atoms with E-state index in [1.165, 1.54) is 21.7 Å². The summed E-state index contributed by atoms with van der Waals surface area (Å²) in [4.78, 5) is 33.8. The molecule has 9 nitrogen and oxygen atoms in total. The van der Waals surface area contributed by atoms with Gasteiger partial charge in [-0.1, -0.05) is 48.9 Å². The molecule has 2 unspecified atom stereocenters. The van der Waals surface area contributed by atoms with Gasteiger partial charge in [0.25, 0.3) is 11.8 Å². The maximum absolute atomic E-state index is 13.5. The van der Waals surface area contributed by atoms with Gasteiger partial charge < -0.3 is 14.4 Å². The summed E-state index contributed by atoms with van der Waals surface area (Å²) in [6.45, 7) is -0.0268. The number of nitrogens with zero attached hydrogens (tertiary/aromatic N) is 4. The molecule has 2 heterocycles. The van der Waals surface area contributed by atoms with Gasteiger partial charge in [0.1, 0.15) is 31.5 Å². The average molecular weight is 476 g/mol. The molecular weight excluding hydrogens is 446 g/mol. The second-order valence-corrected chi connectivity index (χ2v) is 9.02. The first kappa shape index (κ1) is 23.0. The van der Waals surface area contributed by atoms with Crippen LogP contribution in [0.15, 0.2) is 60.9 Å². The van der Waals surface area contributed by atoms with Crippen LogP contribution in [0.5, 0.6) is 5.75 Å². The van der Waals surface area contributed by atoms with E-state index in [0.29, 0.717) is 17.4 Å². The number of fused-ring (bicyclic) bond motifs is 1. The van der Waals surface area contributed by atoms with E-state index in [2.05, 4.69) is 27.3 Å². The zero-order valence-corrected chi connectivity index (χ0v) is 19.7. The number of amides is 2. The summed E-state index contributed by atoms with van der Waals surface area (Å²) in [7, 11) is 1.69. The molecule has 0 spiro atoms. The Bertz CT molecular complexity index is 1150. The topological polar surface area (TPSA) is 101 Å². The second kappa shape index (κ2) is 10.3. The van der Waals surface area contributed by atoms with E-state index in [1.54, 1.807) is 7.05 Å². The van der Waals surface area contributed by atoms with Crippen molar-refractivity contribution in [2.45, 2.75) is 37.8 Å². The number of H-pyrrole nitrogens is 1. The minimum Gasteiger partial charge on any atom is -0.489 e. The molecule has 5 rings (SSSR count). The lowest BCUT2D eigenvalue weighted by Gasteiger charge is -2.32. The number of hydrogen-bond donors (Lipinski definition) is 1. The molecule has 9 heteroatoms. The van der Waals surface area contributed by atoms with E-state index in [-0.39, 0.29) is 31.2 Å². The highest BCUT2D eigenvalue weighted by atomic mass is 16.5. The predicted octanol–water partition coefficient (Wildman–Crippen LogP) is 3.06. The Balaban J connectivity index is 1.35. The summed E-state index contributed by atoms with van der Waals surface area (Å²) >= 11 is 0. The number of hydrogen-bond acceptors (Lipinski definition) is 6. The second-order valence-electron chi connectivity index (χ2n) is 9.02. The van der Waals surface area contributed by atoms with E-state index >= 15 is 0 Å². The predicted molar refractivity (Wildman–Crippen MR) is 129 cm³/mol. The Kier molecular flexibility index (Phi) is 6.76. The van der Waals surface area contributed by atoms with Crippen LogP contribution in [-0.2, 0) is 16.0 Å². The normalized spacial score (nSPS) is 21.8. The summed E-state index contributed by atoms with van der Waals surface area (Å²) in [5, 5.41) is 6.41. The molecule has 0 saturated heterocycles. The van der Waals surface area contributed by atoms with Crippen LogP contribution in [0.1, 0.15) is 35.4 Å². The number of likely N-dealkylation sites (N-methyl/N-ethyl adjacent to an activating group) is 1. The first-order valence-electron chi connectivity index (χ1n) is 11.9. The number of carbonyl (C=O) groups excluding carboxylic acids is 2. The van der Waals surface area contributed by atoms with Gasteiger partial charge in [-0.05, 0) is 42.9 Å². The largest absolute Gasteiger partial charge is 0.489 e. The fourth-order valence-electron chi connectivity index (χ4n) is 4.95. The number of rotatable bonds is 7. The Labute approximate surface area is 204 Å². The van der Waals surface area contributed by atoms with Gasteiger partial charge in [-0.2, -0.15) is 5.10 Å². The van der Waals surface area contributed by atoms with Gasteiger partial charge in [0.15, 0.2) is 0 Å². The van der Waals surface area contributed by atoms with Crippen molar-refractivity contribution in [2.75, 3.05) is 25.3 Å². The fourth-order valence-corrected chi connectivity index (χ4v) is 4.95. The molecule has 2 aliphatic rings. The quantitative estimate of drug-likeness (QED) is 0.527. The van der Waals surface area contributed by atoms with Gasteiger partial charge in [0.05, 0.1) is 11.8 Å². The van der Waals surface area contributed by atoms with Crippen molar-refractivity contribution in [1.29, 1.82) is 0 Å². The first-order valence-corrected chi connectivity index (χ1v) is 11.9. The number of nitrogens with one attached hydrogen (secondary N) is 1. The lowest BCUT2D eigenvalue weighted by molar-refractivity contribution is -0.126. The van der Waals surface area contributed by atoms with Gasteiger partial charge in [-0.3, -0.25) is 19.6 Å². The van der Waals surface area contributed by atoms with Crippen LogP contribution in [0.25, 0.3) is 0 Å². The summed E-state index contributed by atoms with van der Waals surface area (Å²) in [6, 6.07) is 16.8. The summed E-state index contributed by atoms with van der Waals surface area (Å²) in [5.41, 5.74) is 1.93. The fraction of sp³-hybridized carbons (Fsp3) is 0.385. The number of aromatic amines is 1. The third-order valence-corrected chi connectivity index (χ3v) is 6.85. The Hall–Kier alpha value is -3.72. The third-order valence-electron chi connectivity index (χ3n) is 6.85. The van der Waals surface area contributed by atoms with Crippen LogP contribution in [0.2, 0.25) is 0 Å². The van der Waals surface area contributed by atoms with Gasteiger partial charge in [0.2, 0.25) is 5.82 Å². The lowest BCUT2D eigenvalue weighted by Crippen LogP contribution is -2.53. The minimum atomic E-state index is -0.876. The zero-order chi connectivity index (χ0) is 24.2. The van der Waals surface area contributed by atoms with Crippen LogP contribution < -0.4 is 9.64 Å². The average Bonchev–Trinajstić information content (AvgIpc) is 3.56. The summed E-state index contributed by atoms with van der Waals surface area (Å²) in [6.07, 6.45) is 5.25. The molecule has 1 aromatic heterocycles. The molecule has 182 valence electrons. The number of carbonyl (C=O) groups is 2. The van der Waals surface area contributed by atoms with E-state index in [0.717, 1.165) is 25.7 Å². The number of aromatic nitrogens is 3. The van der Waals surface area contributed by atoms with E-state index in [9.17, 15) is 9.59 Å². The molecule has 0 radical (unpaired) electrons. The Morgan fingerprint density at radius 1 is 1.17 bits per heavy atom. The monoisotopic (exact) mass is 475 g/mol. The van der Waals surface area contributed by atoms with Crippen LogP contribution >= 0.6 is 0 Å². The Morgan fingerprint density at radius 2 is 1.97 bits per heavy atom. The molecule has 1 N–H and O–H groups in total. The SMILES string of the molecule is CN1C(=O)C(N(CO[C@H]2CCCC2Cc2ccccc2)C(=O)c2ncn[nH]2)COc2ccccc21. The molecule has 1 fully saturated rings. The van der Waals surface area contributed by atoms with Crippen LogP contribution in [0.4, 0.5) is 5.69 Å². The van der Waals surface area contributed by atoms with Crippen LogP contribution in [0.3, 0.4) is 0 Å². The molecule has 1 aliphatic carbocycles. The van der Waals surface area contributed by atoms with Crippen molar-refractivity contribution in [3.8, 4) is 5.75 Å². The highest BCUT2D eigenvalue weighted by Crippen LogP contribution is 2.33. The standard InChI is InChI=1S/C26H29N5O4/c1-30-20-11-5-6-12-23(20)34-15-21(25(30)32)31(26(33)24-27-16-28-29-24)17-35-22-13-7-10-19(22)14-18-8-3-2-4-9-18/h2-6,8-9,11-12,16,19,21-22H,7,10,13-15,17H2,1H3,(H,27,28,29)/t19?,21?,22-/m0/s1. The van der Waals surface area contributed by atoms with Gasteiger partial charge in [-0.25, -0.2) is 4.98 Å². The van der Waals surface area contributed by atoms with Crippen molar-refractivity contribution >= 4 is 17.5 Å². The van der Waals surface area contributed by atoms with Crippen molar-refractivity contribution in [3.63, 3.8) is 0 Å². The van der Waals surface area contributed by atoms with Crippen molar-refractivity contribution in [3.05, 3.63) is 72.3 Å². The Morgan fingerprint density at radius 3 is 2.77 bits per heavy atom. The van der Waals surface area contributed by atoms with Crippen LogP contribution in [0, 0.1) is 5.92 Å². The third kappa shape index (κ3) is 4.90. The van der Waals surface area contributed by atoms with E-state index in [1.807, 2.05) is 42.5 Å². The zero-order valence-electron chi connectivity index (χ0n) is 19.7. The molecule has 35 heavy (non-hydrogen) atoms. The van der Waals surface area contributed by atoms with Gasteiger partial charge >= 0.3 is 0 Å². The smallest absolute Gasteiger partial charge is 0.293 e. The van der Waals surface area contributed by atoms with Crippen LogP contribution in [-0.4, -0.2) is 64.4 Å². The van der Waals surface area contributed by atoms with Gasteiger partial charge in [-0.15, -0.1) is 0 Å². The minimum absolute atomic E-state index is 0.00282. The molecule has 3 atom stereocenters. The molecule has 1 saturated carbocycles. The number of para-hydroxylation sites is 2. The summed E-state index contributed by atoms with van der Waals surface area (Å²) < 4.78 is 12.3. The maximum atomic E-state index is 13.5. The lowest BCUT2D eigenvalue weighted by atomic mass is 9.96. The molecule has 2 amide bonds. The molecule has 1 aliphatic heterocycles. The molecule has 3 aromatic rings. The maximum Gasteiger partial charge on any atom is 0.293 e. The number of benzene rings is 2. The molecular formula is C26H29N5O4. The highest BCUT2D eigenvalue weighted by Gasteiger charge is 2.38. The molecule has 2 aromatic carbocycles. The van der Waals surface area contributed by atoms with E-state index < -0.39 is 11.9 Å². The van der Waals surface area contributed by atoms with Crippen molar-refractivity contribution < 1.29 is 19.1 Å².